The molecule has 5 nitrogen and oxygen atoms in total. The normalized spacial score (nSPS) is 12.9. The summed E-state index contributed by atoms with van der Waals surface area (Å²) in [5.41, 5.74) is 0.619. The molecule has 36 heavy (non-hydrogen) atoms. The van der Waals surface area contributed by atoms with Crippen molar-refractivity contribution in [2.45, 2.75) is 58.7 Å². The molecule has 0 saturated heterocycles. The zero-order valence-electron chi connectivity index (χ0n) is 20.2. The lowest BCUT2D eigenvalue weighted by Crippen LogP contribution is -2.23. The molecule has 1 aliphatic rings. The van der Waals surface area contributed by atoms with Crippen LogP contribution in [0.1, 0.15) is 54.6 Å². The maximum absolute atomic E-state index is 13.1. The van der Waals surface area contributed by atoms with Gasteiger partial charge in [0.05, 0.1) is 23.5 Å². The minimum atomic E-state index is -4.54. The summed E-state index contributed by atoms with van der Waals surface area (Å²) in [6.45, 7) is 3.23. The molecule has 1 aliphatic carbocycles. The minimum absolute atomic E-state index is 0.162. The highest BCUT2D eigenvalue weighted by Gasteiger charge is 2.34. The fourth-order valence-corrected chi connectivity index (χ4v) is 3.75. The maximum atomic E-state index is 13.1. The highest BCUT2D eigenvalue weighted by atomic mass is 19.4. The van der Waals surface area contributed by atoms with Crippen molar-refractivity contribution in [1.82, 2.24) is 19.5 Å². The predicted octanol–water partition coefficient (Wildman–Crippen LogP) is 6.65. The summed E-state index contributed by atoms with van der Waals surface area (Å²) in [5.74, 6) is -0.162. The molecule has 3 aromatic heterocycles. The Morgan fingerprint density at radius 3 is 2.19 bits per heavy atom. The van der Waals surface area contributed by atoms with Crippen LogP contribution in [0.25, 0.3) is 11.2 Å². The van der Waals surface area contributed by atoms with E-state index in [0.29, 0.717) is 11.2 Å². The fourth-order valence-electron chi connectivity index (χ4n) is 3.75. The van der Waals surface area contributed by atoms with Crippen LogP contribution in [0.3, 0.4) is 0 Å². The summed E-state index contributed by atoms with van der Waals surface area (Å²) in [4.78, 5) is 24.2. The van der Waals surface area contributed by atoms with Crippen molar-refractivity contribution < 1.29 is 17.6 Å². The Bertz CT molecular complexity index is 1320. The van der Waals surface area contributed by atoms with Crippen molar-refractivity contribution in [1.29, 1.82) is 0 Å². The molecule has 9 heteroatoms. The van der Waals surface area contributed by atoms with E-state index in [4.69, 9.17) is 0 Å². The first-order valence-corrected chi connectivity index (χ1v) is 11.7. The summed E-state index contributed by atoms with van der Waals surface area (Å²) in [5, 5.41) is 0. The first kappa shape index (κ1) is 27.0. The number of benzene rings is 1. The summed E-state index contributed by atoms with van der Waals surface area (Å²) in [6, 6.07) is 11.4. The van der Waals surface area contributed by atoms with Crippen LogP contribution >= 0.6 is 0 Å². The summed E-state index contributed by atoms with van der Waals surface area (Å²) >= 11 is 0. The van der Waals surface area contributed by atoms with Gasteiger partial charge in [-0.1, -0.05) is 44.2 Å². The van der Waals surface area contributed by atoms with Crippen molar-refractivity contribution >= 4 is 11.2 Å². The van der Waals surface area contributed by atoms with Crippen LogP contribution in [0.2, 0.25) is 0 Å². The molecule has 1 saturated carbocycles. The quantitative estimate of drug-likeness (QED) is 0.289. The van der Waals surface area contributed by atoms with Gasteiger partial charge in [0, 0.05) is 18.5 Å². The smallest absolute Gasteiger partial charge is 0.285 e. The van der Waals surface area contributed by atoms with Gasteiger partial charge in [0.2, 0.25) is 0 Å². The monoisotopic (exact) mass is 500 g/mol. The lowest BCUT2D eigenvalue weighted by molar-refractivity contribution is -0.138. The highest BCUT2D eigenvalue weighted by Crippen LogP contribution is 2.31. The molecule has 1 fully saturated rings. The Labute approximate surface area is 206 Å². The number of fused-ring (bicyclic) bond motifs is 1. The van der Waals surface area contributed by atoms with Crippen molar-refractivity contribution in [2.75, 3.05) is 0 Å². The lowest BCUT2D eigenvalue weighted by atomic mass is 10.2. The first-order valence-electron chi connectivity index (χ1n) is 11.7. The van der Waals surface area contributed by atoms with E-state index in [9.17, 15) is 22.4 Å². The Hall–Kier alpha value is -3.62. The van der Waals surface area contributed by atoms with Crippen molar-refractivity contribution in [3.8, 4) is 0 Å². The molecule has 0 aliphatic heterocycles. The highest BCUT2D eigenvalue weighted by molar-refractivity contribution is 5.69. The van der Waals surface area contributed by atoms with E-state index in [0.717, 1.165) is 16.2 Å². The topological polar surface area (TPSA) is 60.7 Å². The largest absolute Gasteiger partial charge is 0.418 e. The molecule has 1 aromatic carbocycles. The molecule has 5 rings (SSSR count). The predicted molar refractivity (Wildman–Crippen MR) is 131 cm³/mol. The third-order valence-electron chi connectivity index (χ3n) is 5.54. The molecule has 3 heterocycles. The van der Waals surface area contributed by atoms with Gasteiger partial charge in [-0.2, -0.15) is 13.2 Å². The molecule has 190 valence electrons. The zero-order valence-corrected chi connectivity index (χ0v) is 20.2. The molecular formula is C27H28F4N4O. The van der Waals surface area contributed by atoms with Crippen LogP contribution in [-0.2, 0) is 12.7 Å². The van der Waals surface area contributed by atoms with Crippen molar-refractivity contribution in [3.05, 3.63) is 99.6 Å². The number of rotatable bonds is 2. The van der Waals surface area contributed by atoms with Gasteiger partial charge in [-0.05, 0) is 49.7 Å². The fraction of sp³-hybridized carbons (Fsp3) is 0.333. The number of hydrogen-bond acceptors (Lipinski definition) is 4. The zero-order chi connectivity index (χ0) is 26.1. The third-order valence-corrected chi connectivity index (χ3v) is 5.54. The van der Waals surface area contributed by atoms with Gasteiger partial charge < -0.3 is 0 Å². The molecule has 0 spiro atoms. The van der Waals surface area contributed by atoms with Crippen molar-refractivity contribution in [3.63, 3.8) is 0 Å². The van der Waals surface area contributed by atoms with E-state index in [2.05, 4.69) is 15.0 Å². The average molecular weight is 501 g/mol. The Morgan fingerprint density at radius 2 is 1.61 bits per heavy atom. The first-order chi connectivity index (χ1) is 17.1. The average Bonchev–Trinajstić information content (AvgIpc) is 3.41. The van der Waals surface area contributed by atoms with E-state index in [1.165, 1.54) is 74.8 Å². The SMILES string of the molecule is C1CCCC1.Cc1cccc(F)c1.Cc1cnc2ccc(=O)n(Cc3ncccc3C(F)(F)F)c2n1. The van der Waals surface area contributed by atoms with Crippen LogP contribution in [0.5, 0.6) is 0 Å². The second kappa shape index (κ2) is 12.4. The van der Waals surface area contributed by atoms with Gasteiger partial charge in [0.1, 0.15) is 11.3 Å². The second-order valence-corrected chi connectivity index (χ2v) is 8.54. The molecule has 0 unspecified atom stereocenters. The van der Waals surface area contributed by atoms with Crippen LogP contribution in [0.15, 0.2) is 65.7 Å². The molecule has 0 amide bonds. The molecule has 0 bridgehead atoms. The van der Waals surface area contributed by atoms with Crippen LogP contribution in [0, 0.1) is 19.7 Å². The standard InChI is InChI=1S/C15H11F3N4O.C7H7F.C5H10/c1-9-7-20-11-4-5-13(23)22(14(11)21-9)8-12-10(15(16,17)18)3-2-6-19-12;1-6-3-2-4-7(8)5-6;1-2-4-5-3-1/h2-7H,8H2,1H3;2-5H,1H3;1-5H2. The minimum Gasteiger partial charge on any atom is -0.285 e. The van der Waals surface area contributed by atoms with Crippen LogP contribution in [-0.4, -0.2) is 19.5 Å². The number of alkyl halides is 3. The Kier molecular flexibility index (Phi) is 9.27. The number of aryl methyl sites for hydroxylation is 2. The van der Waals surface area contributed by atoms with E-state index in [-0.39, 0.29) is 23.7 Å². The van der Waals surface area contributed by atoms with Gasteiger partial charge >= 0.3 is 6.18 Å². The second-order valence-electron chi connectivity index (χ2n) is 8.54. The maximum Gasteiger partial charge on any atom is 0.418 e. The summed E-state index contributed by atoms with van der Waals surface area (Å²) in [7, 11) is 0. The lowest BCUT2D eigenvalue weighted by Gasteiger charge is -2.13. The third kappa shape index (κ3) is 7.69. The number of pyridine rings is 2. The molecule has 4 aromatic rings. The van der Waals surface area contributed by atoms with Gasteiger partial charge in [-0.3, -0.25) is 19.3 Å². The van der Waals surface area contributed by atoms with Gasteiger partial charge in [0.25, 0.3) is 5.56 Å². The van der Waals surface area contributed by atoms with Crippen LogP contribution < -0.4 is 5.56 Å². The van der Waals surface area contributed by atoms with Crippen molar-refractivity contribution in [2.24, 2.45) is 0 Å². The van der Waals surface area contributed by atoms with E-state index in [1.807, 2.05) is 13.0 Å². The Balaban J connectivity index is 0.000000225. The van der Waals surface area contributed by atoms with E-state index >= 15 is 0 Å². The number of hydrogen-bond donors (Lipinski definition) is 0. The van der Waals surface area contributed by atoms with Gasteiger partial charge in [-0.15, -0.1) is 0 Å². The van der Waals surface area contributed by atoms with Gasteiger partial charge in [0.15, 0.2) is 5.65 Å². The van der Waals surface area contributed by atoms with Gasteiger partial charge in [-0.25, -0.2) is 9.37 Å². The summed E-state index contributed by atoms with van der Waals surface area (Å²) < 4.78 is 52.5. The molecule has 0 N–H and O–H groups in total. The molecular weight excluding hydrogens is 472 g/mol. The number of nitrogens with zero attached hydrogens (tertiary/aromatic N) is 4. The van der Waals surface area contributed by atoms with Crippen LogP contribution in [0.4, 0.5) is 17.6 Å². The number of halogens is 4. The molecule has 0 radical (unpaired) electrons. The summed E-state index contributed by atoms with van der Waals surface area (Å²) in [6.07, 6.45) is 5.75. The van der Waals surface area contributed by atoms with E-state index in [1.54, 1.807) is 13.0 Å². The number of aromatic nitrogens is 4. The molecule has 0 atom stereocenters. The van der Waals surface area contributed by atoms with E-state index < -0.39 is 17.3 Å². The Morgan fingerprint density at radius 1 is 0.917 bits per heavy atom.